The second-order valence-electron chi connectivity index (χ2n) is 1.27. The van der Waals surface area contributed by atoms with E-state index in [-0.39, 0.29) is 6.61 Å². The summed E-state index contributed by atoms with van der Waals surface area (Å²) < 4.78 is 9.02. The molecule has 0 rings (SSSR count). The largest absolute Gasteiger partial charge is 0.446 e. The molecule has 54 valence electrons. The molecular weight excluding hydrogens is 124 g/mol. The van der Waals surface area contributed by atoms with Gasteiger partial charge in [-0.25, -0.2) is 10.6 Å². The van der Waals surface area contributed by atoms with Gasteiger partial charge in [0.15, 0.2) is 0 Å². The number of carbonyl (C=O) groups is 1. The van der Waals surface area contributed by atoms with Gasteiger partial charge in [0.2, 0.25) is 0 Å². The zero-order valence-corrected chi connectivity index (χ0v) is 5.22. The molecule has 0 radical (unpaired) electrons. The minimum Gasteiger partial charge on any atom is -0.446 e. The van der Waals surface area contributed by atoms with Gasteiger partial charge < -0.3 is 9.47 Å². The van der Waals surface area contributed by atoms with Gasteiger partial charge in [0.25, 0.3) is 0 Å². The van der Waals surface area contributed by atoms with Crippen molar-refractivity contribution in [3.05, 3.63) is 0 Å². The van der Waals surface area contributed by atoms with E-state index < -0.39 is 6.09 Å². The van der Waals surface area contributed by atoms with E-state index >= 15 is 0 Å². The molecule has 5 heteroatoms. The number of carbonyl (C=O) groups excluding carboxylic acids is 1. The molecule has 0 atom stereocenters. The van der Waals surface area contributed by atoms with Crippen molar-refractivity contribution >= 4 is 6.09 Å². The Hall–Kier alpha value is -0.810. The van der Waals surface area contributed by atoms with E-state index in [1.165, 1.54) is 7.11 Å². The van der Waals surface area contributed by atoms with Gasteiger partial charge in [-0.15, -0.1) is 0 Å². The summed E-state index contributed by atoms with van der Waals surface area (Å²) in [6.45, 7) is 0.604. The molecule has 0 spiro atoms. The van der Waals surface area contributed by atoms with Crippen molar-refractivity contribution in [2.75, 3.05) is 20.3 Å². The first-order valence-electron chi connectivity index (χ1n) is 2.43. The van der Waals surface area contributed by atoms with Crippen LogP contribution < -0.4 is 11.3 Å². The number of hydrogen-bond donors (Lipinski definition) is 2. The standard InChI is InChI=1S/C4H10N2O3/c1-8-2-3-9-4(7)6-5/h2-3,5H2,1H3,(H,6,7). The Morgan fingerprint density at radius 3 is 2.78 bits per heavy atom. The van der Waals surface area contributed by atoms with Crippen LogP contribution in [0.25, 0.3) is 0 Å². The van der Waals surface area contributed by atoms with Crippen LogP contribution in [0, 0.1) is 0 Å². The highest BCUT2D eigenvalue weighted by Gasteiger charge is 1.94. The Kier molecular flexibility index (Phi) is 4.85. The predicted octanol–water partition coefficient (Wildman–Crippen LogP) is -0.767. The van der Waals surface area contributed by atoms with Crippen molar-refractivity contribution in [2.24, 2.45) is 5.84 Å². The highest BCUT2D eigenvalue weighted by Crippen LogP contribution is 1.74. The first-order chi connectivity index (χ1) is 4.31. The zero-order chi connectivity index (χ0) is 7.11. The quantitative estimate of drug-likeness (QED) is 0.230. The van der Waals surface area contributed by atoms with Crippen LogP contribution in [0.1, 0.15) is 0 Å². The summed E-state index contributed by atoms with van der Waals surface area (Å²) in [6.07, 6.45) is -0.646. The van der Waals surface area contributed by atoms with E-state index in [1.54, 1.807) is 0 Å². The number of hydrogen-bond acceptors (Lipinski definition) is 4. The fourth-order valence-electron chi connectivity index (χ4n) is 0.259. The van der Waals surface area contributed by atoms with Crippen molar-refractivity contribution < 1.29 is 14.3 Å². The molecule has 3 N–H and O–H groups in total. The normalized spacial score (nSPS) is 8.67. The smallest absolute Gasteiger partial charge is 0.421 e. The average molecular weight is 134 g/mol. The lowest BCUT2D eigenvalue weighted by molar-refractivity contribution is 0.0986. The topological polar surface area (TPSA) is 73.6 Å². The first-order valence-corrected chi connectivity index (χ1v) is 2.43. The van der Waals surface area contributed by atoms with Crippen LogP contribution in [0.5, 0.6) is 0 Å². The van der Waals surface area contributed by atoms with Crippen molar-refractivity contribution in [1.82, 2.24) is 5.43 Å². The first kappa shape index (κ1) is 8.19. The maximum Gasteiger partial charge on any atom is 0.421 e. The summed E-state index contributed by atoms with van der Waals surface area (Å²) in [5.74, 6) is 4.69. The summed E-state index contributed by atoms with van der Waals surface area (Å²) in [5, 5.41) is 0. The summed E-state index contributed by atoms with van der Waals surface area (Å²) in [6, 6.07) is 0. The molecule has 0 saturated carbocycles. The Balaban J connectivity index is 2.97. The van der Waals surface area contributed by atoms with Gasteiger partial charge in [-0.3, -0.25) is 5.43 Å². The molecule has 0 saturated heterocycles. The zero-order valence-electron chi connectivity index (χ0n) is 5.22. The third kappa shape index (κ3) is 5.05. The Morgan fingerprint density at radius 1 is 1.67 bits per heavy atom. The van der Waals surface area contributed by atoms with Gasteiger partial charge in [0, 0.05) is 7.11 Å². The molecule has 5 nitrogen and oxygen atoms in total. The van der Waals surface area contributed by atoms with Crippen LogP contribution >= 0.6 is 0 Å². The molecule has 9 heavy (non-hydrogen) atoms. The lowest BCUT2D eigenvalue weighted by atomic mass is 10.8. The lowest BCUT2D eigenvalue weighted by Crippen LogP contribution is -2.31. The molecule has 1 amide bonds. The van der Waals surface area contributed by atoms with Crippen LogP contribution in [0.15, 0.2) is 0 Å². The van der Waals surface area contributed by atoms with Crippen molar-refractivity contribution in [1.29, 1.82) is 0 Å². The summed E-state index contributed by atoms with van der Waals surface area (Å²) >= 11 is 0. The molecule has 0 aromatic carbocycles. The second kappa shape index (κ2) is 5.33. The van der Waals surface area contributed by atoms with Crippen LogP contribution in [0.2, 0.25) is 0 Å². The molecule has 0 heterocycles. The Morgan fingerprint density at radius 2 is 2.33 bits per heavy atom. The van der Waals surface area contributed by atoms with Gasteiger partial charge >= 0.3 is 6.09 Å². The van der Waals surface area contributed by atoms with E-state index in [1.807, 2.05) is 5.43 Å². The van der Waals surface area contributed by atoms with Crippen LogP contribution in [-0.4, -0.2) is 26.4 Å². The molecule has 0 aliphatic rings. The summed E-state index contributed by atoms with van der Waals surface area (Å²) in [4.78, 5) is 10.2. The molecule has 0 aromatic heterocycles. The SMILES string of the molecule is COCCOC(=O)NN. The van der Waals surface area contributed by atoms with Gasteiger partial charge in [0.05, 0.1) is 6.61 Å². The number of hydrazine groups is 1. The van der Waals surface area contributed by atoms with Gasteiger partial charge in [0.1, 0.15) is 6.61 Å². The summed E-state index contributed by atoms with van der Waals surface area (Å²) in [7, 11) is 1.52. The molecule has 0 bridgehead atoms. The number of rotatable bonds is 3. The molecule has 0 unspecified atom stereocenters. The van der Waals surface area contributed by atoms with Crippen LogP contribution in [-0.2, 0) is 9.47 Å². The van der Waals surface area contributed by atoms with E-state index in [2.05, 4.69) is 15.3 Å². The van der Waals surface area contributed by atoms with Crippen LogP contribution in [0.4, 0.5) is 4.79 Å². The maximum atomic E-state index is 10.2. The Bertz CT molecular complexity index is 85.9. The number of nitrogens with one attached hydrogen (secondary N) is 1. The number of methoxy groups -OCH3 is 1. The highest BCUT2D eigenvalue weighted by molar-refractivity contribution is 5.66. The van der Waals surface area contributed by atoms with Crippen molar-refractivity contribution in [2.45, 2.75) is 0 Å². The lowest BCUT2D eigenvalue weighted by Gasteiger charge is -2.00. The van der Waals surface area contributed by atoms with Crippen LogP contribution in [0.3, 0.4) is 0 Å². The fourth-order valence-corrected chi connectivity index (χ4v) is 0.259. The molecule has 0 fully saturated rings. The minimum absolute atomic E-state index is 0.222. The second-order valence-corrected chi connectivity index (χ2v) is 1.27. The highest BCUT2D eigenvalue weighted by atomic mass is 16.6. The number of ether oxygens (including phenoxy) is 2. The molecule has 0 aromatic rings. The maximum absolute atomic E-state index is 10.2. The van der Waals surface area contributed by atoms with Gasteiger partial charge in [-0.2, -0.15) is 0 Å². The molecule has 0 aliphatic heterocycles. The van der Waals surface area contributed by atoms with E-state index in [0.717, 1.165) is 0 Å². The minimum atomic E-state index is -0.646. The molecular formula is C4H10N2O3. The third-order valence-electron chi connectivity index (χ3n) is 0.638. The number of amides is 1. The third-order valence-corrected chi connectivity index (χ3v) is 0.638. The van der Waals surface area contributed by atoms with Gasteiger partial charge in [-0.05, 0) is 0 Å². The number of nitrogens with two attached hydrogens (primary N) is 1. The van der Waals surface area contributed by atoms with Crippen molar-refractivity contribution in [3.63, 3.8) is 0 Å². The van der Waals surface area contributed by atoms with E-state index in [4.69, 9.17) is 0 Å². The van der Waals surface area contributed by atoms with E-state index in [9.17, 15) is 4.79 Å². The van der Waals surface area contributed by atoms with Gasteiger partial charge in [-0.1, -0.05) is 0 Å². The van der Waals surface area contributed by atoms with E-state index in [0.29, 0.717) is 6.61 Å². The monoisotopic (exact) mass is 134 g/mol. The Labute approximate surface area is 53.1 Å². The summed E-state index contributed by atoms with van der Waals surface area (Å²) in [5.41, 5.74) is 1.81. The fraction of sp³-hybridized carbons (Fsp3) is 0.750. The van der Waals surface area contributed by atoms with Crippen molar-refractivity contribution in [3.8, 4) is 0 Å². The average Bonchev–Trinajstić information content (AvgIpc) is 1.89. The predicted molar refractivity (Wildman–Crippen MR) is 30.5 cm³/mol. The molecule has 0 aliphatic carbocycles.